The summed E-state index contributed by atoms with van der Waals surface area (Å²) in [5, 5.41) is 8.82. The summed E-state index contributed by atoms with van der Waals surface area (Å²) in [5.41, 5.74) is 2.43. The molecule has 0 unspecified atom stereocenters. The molecule has 0 spiro atoms. The van der Waals surface area contributed by atoms with Crippen LogP contribution in [0.4, 0.5) is 4.39 Å². The fourth-order valence-electron chi connectivity index (χ4n) is 1.68. The summed E-state index contributed by atoms with van der Waals surface area (Å²) >= 11 is 5.68. The van der Waals surface area contributed by atoms with E-state index in [1.165, 1.54) is 12.1 Å². The van der Waals surface area contributed by atoms with Crippen molar-refractivity contribution >= 4 is 11.6 Å². The van der Waals surface area contributed by atoms with Crippen molar-refractivity contribution in [2.75, 3.05) is 0 Å². The second-order valence-corrected chi connectivity index (χ2v) is 4.50. The van der Waals surface area contributed by atoms with Crippen molar-refractivity contribution in [2.24, 2.45) is 0 Å². The van der Waals surface area contributed by atoms with E-state index in [0.29, 0.717) is 5.56 Å². The van der Waals surface area contributed by atoms with Crippen LogP contribution in [0.5, 0.6) is 5.75 Å². The SMILES string of the molecule is Cc1cc(C#N)ccc1COc1cccc(Cl)c1F. The smallest absolute Gasteiger partial charge is 0.183 e. The maximum Gasteiger partial charge on any atom is 0.183 e. The second kappa shape index (κ2) is 5.73. The average Bonchev–Trinajstić information content (AvgIpc) is 2.41. The van der Waals surface area contributed by atoms with Gasteiger partial charge < -0.3 is 4.74 Å². The van der Waals surface area contributed by atoms with Crippen LogP contribution in [-0.4, -0.2) is 0 Å². The van der Waals surface area contributed by atoms with Crippen LogP contribution in [0.25, 0.3) is 0 Å². The van der Waals surface area contributed by atoms with E-state index < -0.39 is 5.82 Å². The van der Waals surface area contributed by atoms with Crippen molar-refractivity contribution in [3.63, 3.8) is 0 Å². The van der Waals surface area contributed by atoms with Gasteiger partial charge in [-0.1, -0.05) is 23.7 Å². The molecular weight excluding hydrogens is 265 g/mol. The van der Waals surface area contributed by atoms with Crippen LogP contribution < -0.4 is 4.74 Å². The first-order valence-corrected chi connectivity index (χ1v) is 6.06. The van der Waals surface area contributed by atoms with E-state index in [9.17, 15) is 4.39 Å². The van der Waals surface area contributed by atoms with E-state index in [4.69, 9.17) is 21.6 Å². The minimum absolute atomic E-state index is 0.0362. The molecule has 19 heavy (non-hydrogen) atoms. The van der Waals surface area contributed by atoms with Gasteiger partial charge in [0, 0.05) is 0 Å². The summed E-state index contributed by atoms with van der Waals surface area (Å²) in [6, 6.07) is 12.0. The first-order chi connectivity index (χ1) is 9.11. The molecule has 0 aliphatic carbocycles. The van der Waals surface area contributed by atoms with E-state index in [0.717, 1.165) is 11.1 Å². The molecule has 0 saturated carbocycles. The highest BCUT2D eigenvalue weighted by Crippen LogP contribution is 2.25. The van der Waals surface area contributed by atoms with E-state index in [2.05, 4.69) is 6.07 Å². The molecule has 0 saturated heterocycles. The van der Waals surface area contributed by atoms with Crippen molar-refractivity contribution < 1.29 is 9.13 Å². The molecule has 0 aliphatic heterocycles. The monoisotopic (exact) mass is 275 g/mol. The number of rotatable bonds is 3. The van der Waals surface area contributed by atoms with Crippen LogP contribution in [0.3, 0.4) is 0 Å². The highest BCUT2D eigenvalue weighted by molar-refractivity contribution is 6.30. The Morgan fingerprint density at radius 1 is 1.32 bits per heavy atom. The number of aryl methyl sites for hydroxylation is 1. The summed E-state index contributed by atoms with van der Waals surface area (Å²) in [5.74, 6) is -0.438. The van der Waals surface area contributed by atoms with Gasteiger partial charge in [-0.2, -0.15) is 5.26 Å². The Morgan fingerprint density at radius 2 is 2.11 bits per heavy atom. The topological polar surface area (TPSA) is 33.0 Å². The van der Waals surface area contributed by atoms with Gasteiger partial charge in [0.2, 0.25) is 0 Å². The van der Waals surface area contributed by atoms with Gasteiger partial charge in [-0.05, 0) is 42.3 Å². The van der Waals surface area contributed by atoms with Crippen LogP contribution in [0.2, 0.25) is 5.02 Å². The largest absolute Gasteiger partial charge is 0.486 e. The van der Waals surface area contributed by atoms with Gasteiger partial charge in [0.15, 0.2) is 11.6 Å². The van der Waals surface area contributed by atoms with Crippen LogP contribution in [0.15, 0.2) is 36.4 Å². The number of hydrogen-bond acceptors (Lipinski definition) is 2. The van der Waals surface area contributed by atoms with E-state index in [1.807, 2.05) is 6.92 Å². The first kappa shape index (κ1) is 13.4. The lowest BCUT2D eigenvalue weighted by Crippen LogP contribution is -2.00. The summed E-state index contributed by atoms with van der Waals surface area (Å²) in [6.45, 7) is 2.11. The molecule has 0 amide bonds. The molecule has 0 N–H and O–H groups in total. The van der Waals surface area contributed by atoms with Crippen LogP contribution in [0, 0.1) is 24.1 Å². The predicted octanol–water partition coefficient (Wildman–Crippen LogP) is 4.24. The molecule has 0 radical (unpaired) electrons. The van der Waals surface area contributed by atoms with E-state index >= 15 is 0 Å². The summed E-state index contributed by atoms with van der Waals surface area (Å²) in [6.07, 6.45) is 0. The highest BCUT2D eigenvalue weighted by atomic mass is 35.5. The normalized spacial score (nSPS) is 10.0. The lowest BCUT2D eigenvalue weighted by molar-refractivity contribution is 0.289. The Kier molecular flexibility index (Phi) is 4.03. The lowest BCUT2D eigenvalue weighted by atomic mass is 10.1. The fraction of sp³-hybridized carbons (Fsp3) is 0.133. The molecule has 96 valence electrons. The number of nitrogens with zero attached hydrogens (tertiary/aromatic N) is 1. The Balaban J connectivity index is 2.15. The molecule has 0 aromatic heterocycles. The molecule has 4 heteroatoms. The van der Waals surface area contributed by atoms with E-state index in [-0.39, 0.29) is 17.4 Å². The predicted molar refractivity (Wildman–Crippen MR) is 71.6 cm³/mol. The number of nitriles is 1. The number of ether oxygens (including phenoxy) is 1. The van der Waals surface area contributed by atoms with Crippen molar-refractivity contribution in [2.45, 2.75) is 13.5 Å². The molecule has 0 fully saturated rings. The summed E-state index contributed by atoms with van der Waals surface area (Å²) in [4.78, 5) is 0. The van der Waals surface area contributed by atoms with Crippen molar-refractivity contribution in [3.05, 3.63) is 63.9 Å². The van der Waals surface area contributed by atoms with Gasteiger partial charge in [-0.15, -0.1) is 0 Å². The number of hydrogen-bond donors (Lipinski definition) is 0. The van der Waals surface area contributed by atoms with Gasteiger partial charge in [-0.3, -0.25) is 0 Å². The van der Waals surface area contributed by atoms with Crippen molar-refractivity contribution in [1.82, 2.24) is 0 Å². The quantitative estimate of drug-likeness (QED) is 0.839. The molecule has 0 bridgehead atoms. The Morgan fingerprint density at radius 3 is 2.79 bits per heavy atom. The van der Waals surface area contributed by atoms with Crippen molar-refractivity contribution in [1.29, 1.82) is 5.26 Å². The first-order valence-electron chi connectivity index (χ1n) is 5.68. The number of halogens is 2. The zero-order chi connectivity index (χ0) is 13.8. The zero-order valence-electron chi connectivity index (χ0n) is 10.3. The van der Waals surface area contributed by atoms with Gasteiger partial charge >= 0.3 is 0 Å². The lowest BCUT2D eigenvalue weighted by Gasteiger charge is -2.10. The Bertz CT molecular complexity index is 649. The molecule has 0 heterocycles. The highest BCUT2D eigenvalue weighted by Gasteiger charge is 2.08. The Hall–Kier alpha value is -2.05. The molecule has 2 aromatic carbocycles. The maximum absolute atomic E-state index is 13.6. The fourth-order valence-corrected chi connectivity index (χ4v) is 1.84. The third-order valence-electron chi connectivity index (χ3n) is 2.77. The van der Waals surface area contributed by atoms with Crippen LogP contribution in [-0.2, 0) is 6.61 Å². The van der Waals surface area contributed by atoms with E-state index in [1.54, 1.807) is 24.3 Å². The molecule has 0 aliphatic rings. The van der Waals surface area contributed by atoms with Gasteiger partial charge in [-0.25, -0.2) is 4.39 Å². The van der Waals surface area contributed by atoms with Gasteiger partial charge in [0.25, 0.3) is 0 Å². The molecule has 0 atom stereocenters. The summed E-state index contributed by atoms with van der Waals surface area (Å²) in [7, 11) is 0. The third-order valence-corrected chi connectivity index (χ3v) is 3.06. The standard InChI is InChI=1S/C15H11ClFNO/c1-10-7-11(8-18)5-6-12(10)9-19-14-4-2-3-13(16)15(14)17/h2-7H,9H2,1H3. The minimum Gasteiger partial charge on any atom is -0.486 e. The molecule has 2 rings (SSSR count). The molecule has 2 aromatic rings. The van der Waals surface area contributed by atoms with Crippen molar-refractivity contribution in [3.8, 4) is 11.8 Å². The molecule has 2 nitrogen and oxygen atoms in total. The van der Waals surface area contributed by atoms with Gasteiger partial charge in [0.05, 0.1) is 16.7 Å². The van der Waals surface area contributed by atoms with Crippen LogP contribution >= 0.6 is 11.6 Å². The summed E-state index contributed by atoms with van der Waals surface area (Å²) < 4.78 is 19.0. The number of benzene rings is 2. The van der Waals surface area contributed by atoms with Crippen LogP contribution in [0.1, 0.15) is 16.7 Å². The second-order valence-electron chi connectivity index (χ2n) is 4.09. The zero-order valence-corrected chi connectivity index (χ0v) is 11.0. The maximum atomic E-state index is 13.6. The Labute approximate surface area is 116 Å². The average molecular weight is 276 g/mol. The van der Waals surface area contributed by atoms with Gasteiger partial charge in [0.1, 0.15) is 6.61 Å². The minimum atomic E-state index is -0.560. The third kappa shape index (κ3) is 3.04. The molecular formula is C15H11ClFNO.